The Morgan fingerprint density at radius 3 is 2.70 bits per heavy atom. The molecule has 2 aromatic heterocycles. The number of benzene rings is 1. The second-order valence-corrected chi connectivity index (χ2v) is 7.59. The van der Waals surface area contributed by atoms with Gasteiger partial charge >= 0.3 is 0 Å². The molecule has 3 aromatic rings. The van der Waals surface area contributed by atoms with Gasteiger partial charge in [-0.05, 0) is 49.4 Å². The van der Waals surface area contributed by atoms with E-state index in [4.69, 9.17) is 4.74 Å². The first kappa shape index (κ1) is 19.1. The van der Waals surface area contributed by atoms with Crippen LogP contribution in [0.3, 0.4) is 0 Å². The topological polar surface area (TPSA) is 80.3 Å². The van der Waals surface area contributed by atoms with E-state index in [1.165, 1.54) is 11.3 Å². The predicted molar refractivity (Wildman–Crippen MR) is 107 cm³/mol. The van der Waals surface area contributed by atoms with Gasteiger partial charge in [-0.1, -0.05) is 12.1 Å². The molecule has 0 radical (unpaired) electrons. The van der Waals surface area contributed by atoms with Crippen LogP contribution in [0.15, 0.2) is 40.4 Å². The average Bonchev–Trinajstić information content (AvgIpc) is 3.34. The van der Waals surface area contributed by atoms with Gasteiger partial charge in [-0.2, -0.15) is 11.3 Å². The smallest absolute Gasteiger partial charge is 0.289 e. The van der Waals surface area contributed by atoms with Crippen molar-refractivity contribution in [2.45, 2.75) is 26.9 Å². The van der Waals surface area contributed by atoms with E-state index in [-0.39, 0.29) is 5.69 Å². The summed E-state index contributed by atoms with van der Waals surface area (Å²) < 4.78 is 5.70. The van der Waals surface area contributed by atoms with E-state index in [0.717, 1.165) is 21.7 Å². The number of hydrazine groups is 1. The number of thiophene rings is 1. The molecule has 0 spiro atoms. The van der Waals surface area contributed by atoms with Crippen molar-refractivity contribution in [3.8, 4) is 16.3 Å². The predicted octanol–water partition coefficient (Wildman–Crippen LogP) is 3.72. The Hall–Kier alpha value is -2.71. The van der Waals surface area contributed by atoms with Gasteiger partial charge < -0.3 is 4.74 Å². The van der Waals surface area contributed by atoms with Crippen LogP contribution in [0.2, 0.25) is 0 Å². The lowest BCUT2D eigenvalue weighted by molar-refractivity contribution is -0.128. The number of carbonyl (C=O) groups excluding carboxylic acids is 2. The lowest BCUT2D eigenvalue weighted by Gasteiger charge is -2.17. The van der Waals surface area contributed by atoms with Crippen LogP contribution in [0, 0.1) is 13.8 Å². The molecule has 8 heteroatoms. The quantitative estimate of drug-likeness (QED) is 0.639. The van der Waals surface area contributed by atoms with Crippen LogP contribution in [0.25, 0.3) is 10.6 Å². The molecule has 6 nitrogen and oxygen atoms in total. The summed E-state index contributed by atoms with van der Waals surface area (Å²) in [7, 11) is 0. The zero-order valence-electron chi connectivity index (χ0n) is 15.1. The molecule has 0 aliphatic rings. The minimum atomic E-state index is -0.761. The molecule has 0 fully saturated rings. The molecule has 0 bridgehead atoms. The maximum atomic E-state index is 12.2. The van der Waals surface area contributed by atoms with Crippen LogP contribution in [0.1, 0.15) is 28.5 Å². The monoisotopic (exact) mass is 401 g/mol. The highest BCUT2D eigenvalue weighted by atomic mass is 32.1. The van der Waals surface area contributed by atoms with Gasteiger partial charge in [0.1, 0.15) is 16.5 Å². The van der Waals surface area contributed by atoms with Gasteiger partial charge in [0.05, 0.1) is 0 Å². The van der Waals surface area contributed by atoms with Gasteiger partial charge in [0.25, 0.3) is 11.8 Å². The summed E-state index contributed by atoms with van der Waals surface area (Å²) >= 11 is 2.95. The van der Waals surface area contributed by atoms with Gasteiger partial charge in [-0.3, -0.25) is 20.4 Å². The van der Waals surface area contributed by atoms with E-state index < -0.39 is 17.9 Å². The number of carbonyl (C=O) groups is 2. The summed E-state index contributed by atoms with van der Waals surface area (Å²) in [6.07, 6.45) is -0.761. The van der Waals surface area contributed by atoms with E-state index in [9.17, 15) is 9.59 Å². The number of nitrogens with one attached hydrogen (secondary N) is 2. The summed E-state index contributed by atoms with van der Waals surface area (Å²) in [4.78, 5) is 28.7. The second kappa shape index (κ2) is 8.32. The number of aromatic nitrogens is 1. The third kappa shape index (κ3) is 4.53. The molecule has 0 unspecified atom stereocenters. The van der Waals surface area contributed by atoms with Crippen molar-refractivity contribution in [1.82, 2.24) is 15.8 Å². The zero-order chi connectivity index (χ0) is 19.4. The van der Waals surface area contributed by atoms with Crippen molar-refractivity contribution in [3.05, 3.63) is 57.2 Å². The van der Waals surface area contributed by atoms with Gasteiger partial charge in [-0.15, -0.1) is 11.3 Å². The Morgan fingerprint density at radius 2 is 1.96 bits per heavy atom. The molecule has 0 saturated heterocycles. The Bertz CT molecular complexity index is 951. The van der Waals surface area contributed by atoms with Crippen molar-refractivity contribution >= 4 is 34.5 Å². The summed E-state index contributed by atoms with van der Waals surface area (Å²) in [5.74, 6) is -0.276. The van der Waals surface area contributed by atoms with E-state index in [2.05, 4.69) is 15.8 Å². The molecule has 0 aliphatic heterocycles. The molecule has 27 heavy (non-hydrogen) atoms. The second-order valence-electron chi connectivity index (χ2n) is 5.95. The Kier molecular flexibility index (Phi) is 5.88. The van der Waals surface area contributed by atoms with Crippen molar-refractivity contribution < 1.29 is 14.3 Å². The van der Waals surface area contributed by atoms with Crippen LogP contribution in [-0.2, 0) is 4.79 Å². The van der Waals surface area contributed by atoms with Crippen molar-refractivity contribution in [1.29, 1.82) is 0 Å². The maximum absolute atomic E-state index is 12.2. The molecule has 0 aliphatic carbocycles. The van der Waals surface area contributed by atoms with Crippen LogP contribution >= 0.6 is 22.7 Å². The van der Waals surface area contributed by atoms with Gasteiger partial charge in [0, 0.05) is 16.3 Å². The fourth-order valence-electron chi connectivity index (χ4n) is 2.28. The zero-order valence-corrected chi connectivity index (χ0v) is 16.7. The van der Waals surface area contributed by atoms with Gasteiger partial charge in [-0.25, -0.2) is 4.98 Å². The summed E-state index contributed by atoms with van der Waals surface area (Å²) in [5, 5.41) is 6.34. The highest BCUT2D eigenvalue weighted by Gasteiger charge is 2.18. The van der Waals surface area contributed by atoms with E-state index in [1.807, 2.05) is 48.9 Å². The highest BCUT2D eigenvalue weighted by Crippen LogP contribution is 2.25. The van der Waals surface area contributed by atoms with Gasteiger partial charge in [0.2, 0.25) is 0 Å². The van der Waals surface area contributed by atoms with Crippen molar-refractivity contribution in [2.24, 2.45) is 0 Å². The number of thiazole rings is 1. The molecule has 3 rings (SSSR count). The van der Waals surface area contributed by atoms with E-state index in [0.29, 0.717) is 5.75 Å². The standard InChI is InChI=1S/C19H19N3O3S2/c1-11-5-4-6-16(12(11)2)25-13(3)17(23)21-22-18(24)15-10-27-19(20-15)14-7-8-26-9-14/h4-10,13H,1-3H3,(H,21,23)(H,22,24)/t13-/m0/s1. The van der Waals surface area contributed by atoms with Crippen LogP contribution < -0.4 is 15.6 Å². The molecule has 0 saturated carbocycles. The number of amides is 2. The Labute approximate surface area is 165 Å². The molecule has 1 aromatic carbocycles. The molecular weight excluding hydrogens is 382 g/mol. The molecule has 2 amide bonds. The molecule has 2 N–H and O–H groups in total. The minimum absolute atomic E-state index is 0.254. The first-order valence-corrected chi connectivity index (χ1v) is 10.1. The summed E-state index contributed by atoms with van der Waals surface area (Å²) in [6.45, 7) is 5.54. The highest BCUT2D eigenvalue weighted by molar-refractivity contribution is 7.14. The van der Waals surface area contributed by atoms with E-state index in [1.54, 1.807) is 23.6 Å². The lowest BCUT2D eigenvalue weighted by Crippen LogP contribution is -2.47. The Balaban J connectivity index is 1.55. The number of aryl methyl sites for hydroxylation is 1. The molecule has 1 atom stereocenters. The molecule has 140 valence electrons. The normalized spacial score (nSPS) is 11.7. The summed E-state index contributed by atoms with van der Waals surface area (Å²) in [6, 6.07) is 7.61. The third-order valence-corrected chi connectivity index (χ3v) is 5.61. The van der Waals surface area contributed by atoms with Gasteiger partial charge in [0.15, 0.2) is 6.10 Å². The third-order valence-electron chi connectivity index (χ3n) is 4.03. The number of rotatable bonds is 5. The number of nitrogens with zero attached hydrogens (tertiary/aromatic N) is 1. The number of hydrogen-bond donors (Lipinski definition) is 2. The largest absolute Gasteiger partial charge is 0.481 e. The minimum Gasteiger partial charge on any atom is -0.481 e. The Morgan fingerprint density at radius 1 is 1.15 bits per heavy atom. The fraction of sp³-hybridized carbons (Fsp3) is 0.211. The maximum Gasteiger partial charge on any atom is 0.289 e. The van der Waals surface area contributed by atoms with Crippen LogP contribution in [0.5, 0.6) is 5.75 Å². The van der Waals surface area contributed by atoms with E-state index >= 15 is 0 Å². The average molecular weight is 402 g/mol. The van der Waals surface area contributed by atoms with Crippen molar-refractivity contribution in [3.63, 3.8) is 0 Å². The van der Waals surface area contributed by atoms with Crippen molar-refractivity contribution in [2.75, 3.05) is 0 Å². The first-order valence-electron chi connectivity index (χ1n) is 8.27. The first-order chi connectivity index (χ1) is 13.0. The fourth-order valence-corrected chi connectivity index (χ4v) is 3.79. The van der Waals surface area contributed by atoms with Crippen LogP contribution in [-0.4, -0.2) is 22.9 Å². The molecular formula is C19H19N3O3S2. The van der Waals surface area contributed by atoms with Crippen LogP contribution in [0.4, 0.5) is 0 Å². The lowest BCUT2D eigenvalue weighted by atomic mass is 10.1. The molecule has 2 heterocycles. The number of hydrogen-bond acceptors (Lipinski definition) is 6. The summed E-state index contributed by atoms with van der Waals surface area (Å²) in [5.41, 5.74) is 8.05. The number of ether oxygens (including phenoxy) is 1. The SMILES string of the molecule is Cc1cccc(O[C@@H](C)C(=O)NNC(=O)c2csc(-c3ccsc3)n2)c1C.